The summed E-state index contributed by atoms with van der Waals surface area (Å²) in [5.74, 6) is 0.176. The molecule has 0 spiro atoms. The van der Waals surface area contributed by atoms with Crippen molar-refractivity contribution in [3.63, 3.8) is 0 Å². The highest BCUT2D eigenvalue weighted by molar-refractivity contribution is 5.58. The van der Waals surface area contributed by atoms with Gasteiger partial charge in [0.2, 0.25) is 0 Å². The number of nitrogens with one attached hydrogen (secondary N) is 1. The molecule has 1 N–H and O–H groups in total. The van der Waals surface area contributed by atoms with Crippen molar-refractivity contribution in [3.8, 4) is 0 Å². The topological polar surface area (TPSA) is 15.3 Å². The number of likely N-dealkylation sites (N-methyl/N-ethyl adjacent to an activating group) is 1. The Morgan fingerprint density at radius 3 is 2.47 bits per heavy atom. The molecule has 0 saturated carbocycles. The van der Waals surface area contributed by atoms with Gasteiger partial charge >= 0.3 is 0 Å². The third-order valence-corrected chi connectivity index (χ3v) is 2.81. The summed E-state index contributed by atoms with van der Waals surface area (Å²) in [6.07, 6.45) is 0. The average Bonchev–Trinajstić information content (AvgIpc) is 2.19. The Hall–Kier alpha value is -1.09. The molecule has 0 saturated heterocycles. The normalized spacial score (nSPS) is 11.3. The lowest BCUT2D eigenvalue weighted by molar-refractivity contribution is 0.425. The summed E-state index contributed by atoms with van der Waals surface area (Å²) in [4.78, 5) is 2.13. The van der Waals surface area contributed by atoms with Gasteiger partial charge in [-0.05, 0) is 50.2 Å². The highest BCUT2D eigenvalue weighted by Gasteiger charge is 2.11. The average molecular weight is 238 g/mol. The second-order valence-electron chi connectivity index (χ2n) is 5.07. The summed E-state index contributed by atoms with van der Waals surface area (Å²) < 4.78 is 13.4. The van der Waals surface area contributed by atoms with Crippen LogP contribution in [0.5, 0.6) is 0 Å². The van der Waals surface area contributed by atoms with E-state index < -0.39 is 0 Å². The zero-order chi connectivity index (χ0) is 13.0. The monoisotopic (exact) mass is 238 g/mol. The van der Waals surface area contributed by atoms with Crippen LogP contribution in [0.15, 0.2) is 12.1 Å². The lowest BCUT2D eigenvalue weighted by Gasteiger charge is -2.19. The third-order valence-electron chi connectivity index (χ3n) is 2.81. The highest BCUT2D eigenvalue weighted by Crippen LogP contribution is 2.28. The fraction of sp³-hybridized carbons (Fsp3) is 0.571. The Balaban J connectivity index is 2.88. The maximum atomic E-state index is 13.4. The number of nitrogens with zero attached hydrogens (tertiary/aromatic N) is 1. The minimum absolute atomic E-state index is 0.149. The first-order valence-corrected chi connectivity index (χ1v) is 6.10. The van der Waals surface area contributed by atoms with E-state index in [0.717, 1.165) is 29.9 Å². The molecule has 1 aromatic rings. The van der Waals surface area contributed by atoms with Gasteiger partial charge in [0.05, 0.1) is 0 Å². The number of hydrogen-bond acceptors (Lipinski definition) is 2. The van der Waals surface area contributed by atoms with Gasteiger partial charge in [0.15, 0.2) is 0 Å². The van der Waals surface area contributed by atoms with Crippen molar-refractivity contribution >= 4 is 5.69 Å². The molecular formula is C14H23FN2. The van der Waals surface area contributed by atoms with Crippen molar-refractivity contribution in [2.45, 2.75) is 26.7 Å². The van der Waals surface area contributed by atoms with Gasteiger partial charge in [0, 0.05) is 18.8 Å². The predicted octanol–water partition coefficient (Wildman–Crippen LogP) is 3.23. The van der Waals surface area contributed by atoms with E-state index in [1.54, 1.807) is 12.1 Å². The van der Waals surface area contributed by atoms with Crippen molar-refractivity contribution in [1.29, 1.82) is 0 Å². The second kappa shape index (κ2) is 6.01. The van der Waals surface area contributed by atoms with Crippen molar-refractivity contribution < 1.29 is 4.39 Å². The van der Waals surface area contributed by atoms with E-state index >= 15 is 0 Å². The molecule has 3 heteroatoms. The maximum Gasteiger partial charge on any atom is 0.123 e. The first-order valence-electron chi connectivity index (χ1n) is 6.10. The summed E-state index contributed by atoms with van der Waals surface area (Å²) in [6, 6.07) is 3.22. The van der Waals surface area contributed by atoms with Crippen LogP contribution in [0.2, 0.25) is 0 Å². The molecule has 1 rings (SSSR count). The number of halogens is 1. The molecule has 2 nitrogen and oxygen atoms in total. The Morgan fingerprint density at radius 1 is 1.29 bits per heavy atom. The molecule has 96 valence electrons. The van der Waals surface area contributed by atoms with Gasteiger partial charge in [-0.1, -0.05) is 13.8 Å². The molecule has 1 aromatic carbocycles. The van der Waals surface area contributed by atoms with E-state index in [1.165, 1.54) is 0 Å². The van der Waals surface area contributed by atoms with Gasteiger partial charge in [-0.2, -0.15) is 0 Å². The number of aryl methyl sites for hydroxylation is 1. The van der Waals surface area contributed by atoms with Gasteiger partial charge in [-0.3, -0.25) is 0 Å². The zero-order valence-corrected chi connectivity index (χ0v) is 11.5. The Labute approximate surface area is 104 Å². The van der Waals surface area contributed by atoms with Crippen LogP contribution >= 0.6 is 0 Å². The van der Waals surface area contributed by atoms with Crippen LogP contribution < -0.4 is 5.32 Å². The first kappa shape index (κ1) is 14.0. The van der Waals surface area contributed by atoms with E-state index in [4.69, 9.17) is 0 Å². The molecule has 0 unspecified atom stereocenters. The smallest absolute Gasteiger partial charge is 0.123 e. The van der Waals surface area contributed by atoms with E-state index in [0.29, 0.717) is 5.92 Å². The molecule has 0 fully saturated rings. The summed E-state index contributed by atoms with van der Waals surface area (Å²) in [5.41, 5.74) is 3.12. The third kappa shape index (κ3) is 4.00. The number of anilines is 1. The van der Waals surface area contributed by atoms with Crippen LogP contribution in [-0.2, 0) is 0 Å². The lowest BCUT2D eigenvalue weighted by Crippen LogP contribution is -2.21. The van der Waals surface area contributed by atoms with E-state index in [1.807, 2.05) is 21.0 Å². The second-order valence-corrected chi connectivity index (χ2v) is 5.07. The SMILES string of the molecule is Cc1cc(F)cc(C(C)C)c1NCCN(C)C. The number of rotatable bonds is 5. The molecule has 0 aliphatic carbocycles. The standard InChI is InChI=1S/C14H23FN2/c1-10(2)13-9-12(15)8-11(3)14(13)16-6-7-17(4)5/h8-10,16H,6-7H2,1-5H3. The highest BCUT2D eigenvalue weighted by atomic mass is 19.1. The number of hydrogen-bond donors (Lipinski definition) is 1. The molecule has 17 heavy (non-hydrogen) atoms. The summed E-state index contributed by atoms with van der Waals surface area (Å²) >= 11 is 0. The Bertz CT molecular complexity index is 373. The van der Waals surface area contributed by atoms with E-state index in [9.17, 15) is 4.39 Å². The quantitative estimate of drug-likeness (QED) is 0.847. The predicted molar refractivity (Wildman–Crippen MR) is 72.3 cm³/mol. The minimum atomic E-state index is -0.149. The fourth-order valence-corrected chi connectivity index (χ4v) is 1.87. The van der Waals surface area contributed by atoms with Gasteiger partial charge in [0.1, 0.15) is 5.82 Å². The van der Waals surface area contributed by atoms with E-state index in [2.05, 4.69) is 24.1 Å². The summed E-state index contributed by atoms with van der Waals surface area (Å²) in [6.45, 7) is 7.97. The van der Waals surface area contributed by atoms with Crippen LogP contribution in [0.25, 0.3) is 0 Å². The van der Waals surface area contributed by atoms with Gasteiger partial charge in [-0.25, -0.2) is 4.39 Å². The van der Waals surface area contributed by atoms with E-state index in [-0.39, 0.29) is 5.82 Å². The van der Waals surface area contributed by atoms with Crippen LogP contribution in [-0.4, -0.2) is 32.1 Å². The van der Waals surface area contributed by atoms with Gasteiger partial charge in [-0.15, -0.1) is 0 Å². The molecule has 0 radical (unpaired) electrons. The minimum Gasteiger partial charge on any atom is -0.383 e. The molecule has 0 bridgehead atoms. The van der Waals surface area contributed by atoms with Crippen molar-refractivity contribution in [3.05, 3.63) is 29.1 Å². The lowest BCUT2D eigenvalue weighted by atomic mass is 9.98. The summed E-state index contributed by atoms with van der Waals surface area (Å²) in [5, 5.41) is 3.41. The molecular weight excluding hydrogens is 215 g/mol. The van der Waals surface area contributed by atoms with Crippen LogP contribution in [0.4, 0.5) is 10.1 Å². The molecule has 0 amide bonds. The van der Waals surface area contributed by atoms with Gasteiger partial charge < -0.3 is 10.2 Å². The largest absolute Gasteiger partial charge is 0.383 e. The van der Waals surface area contributed by atoms with Crippen LogP contribution in [0.3, 0.4) is 0 Å². The molecule has 0 atom stereocenters. The zero-order valence-electron chi connectivity index (χ0n) is 11.5. The Morgan fingerprint density at radius 2 is 1.94 bits per heavy atom. The van der Waals surface area contributed by atoms with Crippen molar-refractivity contribution in [2.75, 3.05) is 32.5 Å². The molecule has 0 heterocycles. The Kier molecular flexibility index (Phi) is 4.94. The number of benzene rings is 1. The molecule has 0 aliphatic heterocycles. The summed E-state index contributed by atoms with van der Waals surface area (Å²) in [7, 11) is 4.09. The van der Waals surface area contributed by atoms with Crippen LogP contribution in [0.1, 0.15) is 30.9 Å². The molecule has 0 aliphatic rings. The fourth-order valence-electron chi connectivity index (χ4n) is 1.87. The van der Waals surface area contributed by atoms with Crippen LogP contribution in [0, 0.1) is 12.7 Å². The van der Waals surface area contributed by atoms with Crippen molar-refractivity contribution in [2.24, 2.45) is 0 Å². The van der Waals surface area contributed by atoms with Crippen molar-refractivity contribution in [1.82, 2.24) is 4.90 Å². The maximum absolute atomic E-state index is 13.4. The first-order chi connectivity index (χ1) is 7.91. The van der Waals surface area contributed by atoms with Gasteiger partial charge in [0.25, 0.3) is 0 Å². The molecule has 0 aromatic heterocycles.